The zero-order valence-corrected chi connectivity index (χ0v) is 16.2. The van der Waals surface area contributed by atoms with Crippen LogP contribution in [0.25, 0.3) is 0 Å². The third-order valence-corrected chi connectivity index (χ3v) is 5.19. The highest BCUT2D eigenvalue weighted by Crippen LogP contribution is 2.33. The minimum Gasteiger partial charge on any atom is -0.402 e. The van der Waals surface area contributed by atoms with E-state index in [0.717, 1.165) is 44.8 Å². The Hall–Kier alpha value is -1.27. The molecule has 0 bridgehead atoms. The normalized spacial score (nSPS) is 20.2. The first-order valence-electron chi connectivity index (χ1n) is 8.50. The van der Waals surface area contributed by atoms with Gasteiger partial charge in [-0.3, -0.25) is 0 Å². The Labute approximate surface area is 144 Å². The van der Waals surface area contributed by atoms with Crippen LogP contribution in [0.3, 0.4) is 0 Å². The average molecular weight is 332 g/mol. The first-order chi connectivity index (χ1) is 11.0. The number of nitrogens with zero attached hydrogens (tertiary/aromatic N) is 1. The predicted octanol–water partition coefficient (Wildman–Crippen LogP) is 5.04. The van der Waals surface area contributed by atoms with E-state index in [1.54, 1.807) is 0 Å². The van der Waals surface area contributed by atoms with Crippen molar-refractivity contribution in [2.75, 3.05) is 19.5 Å². The molecule has 0 saturated heterocycles. The quantitative estimate of drug-likeness (QED) is 0.364. The number of rotatable bonds is 9. The fourth-order valence-electron chi connectivity index (χ4n) is 3.08. The van der Waals surface area contributed by atoms with Crippen molar-refractivity contribution in [3.63, 3.8) is 0 Å². The van der Waals surface area contributed by atoms with Crippen LogP contribution in [0.2, 0.25) is 0 Å². The molecule has 0 aromatic carbocycles. The minimum atomic E-state index is 0.272. The van der Waals surface area contributed by atoms with Crippen LogP contribution in [-0.4, -0.2) is 24.4 Å². The van der Waals surface area contributed by atoms with Crippen molar-refractivity contribution in [2.45, 2.75) is 33.6 Å². The van der Waals surface area contributed by atoms with Crippen molar-refractivity contribution in [1.82, 2.24) is 4.90 Å². The Morgan fingerprint density at radius 2 is 2.26 bits per heavy atom. The Balaban J connectivity index is 3.01. The van der Waals surface area contributed by atoms with Crippen LogP contribution in [-0.2, 0) is 0 Å². The summed E-state index contributed by atoms with van der Waals surface area (Å²) in [5.74, 6) is 0.952. The number of hydrogen-bond acceptors (Lipinski definition) is 2. The molecule has 3 atom stereocenters. The Morgan fingerprint density at radius 1 is 1.57 bits per heavy atom. The van der Waals surface area contributed by atoms with E-state index >= 15 is 0 Å². The molecule has 0 aromatic rings. The van der Waals surface area contributed by atoms with Crippen molar-refractivity contribution < 1.29 is 0 Å². The highest BCUT2D eigenvalue weighted by Gasteiger charge is 2.22. The number of allylic oxidation sites excluding steroid dienone is 6. The maximum Gasteiger partial charge on any atom is 0.0360 e. The van der Waals surface area contributed by atoms with Gasteiger partial charge in [0.1, 0.15) is 0 Å². The molecule has 23 heavy (non-hydrogen) atoms. The van der Waals surface area contributed by atoms with Crippen molar-refractivity contribution in [3.8, 4) is 0 Å². The topological polar surface area (TPSA) is 29.3 Å². The lowest BCUT2D eigenvalue weighted by atomic mass is 9.84. The SMILES string of the molecule is C=CCN(CPC)C(=C)/C(=C(\C)N)C(C)C1=CCC(CC)C=C1. The maximum absolute atomic E-state index is 6.25. The van der Waals surface area contributed by atoms with Gasteiger partial charge < -0.3 is 10.6 Å². The molecular weight excluding hydrogens is 299 g/mol. The smallest absolute Gasteiger partial charge is 0.0360 e. The highest BCUT2D eigenvalue weighted by molar-refractivity contribution is 7.36. The Morgan fingerprint density at radius 3 is 2.70 bits per heavy atom. The summed E-state index contributed by atoms with van der Waals surface area (Å²) in [5.41, 5.74) is 10.7. The second-order valence-corrected chi connectivity index (χ2v) is 7.28. The molecular formula is C20H33N2P. The van der Waals surface area contributed by atoms with Gasteiger partial charge in [0.15, 0.2) is 0 Å². The number of hydrogen-bond donors (Lipinski definition) is 1. The van der Waals surface area contributed by atoms with Gasteiger partial charge in [0.05, 0.1) is 0 Å². The molecule has 0 aliphatic heterocycles. The standard InChI is InChI=1S/C20H33N2P/c1-7-13-22(14-23-6)17(5)20(16(4)21)15(3)19-11-9-18(8-2)10-12-19/h7,9,11-12,15,18,23H,1,5,8,10,13-14,21H2,2-4,6H3/b20-16+. The zero-order valence-electron chi connectivity index (χ0n) is 15.2. The molecule has 0 fully saturated rings. The van der Waals surface area contributed by atoms with Crippen LogP contribution in [0, 0.1) is 11.8 Å². The summed E-state index contributed by atoms with van der Waals surface area (Å²) in [4.78, 5) is 2.29. The van der Waals surface area contributed by atoms with Crippen LogP contribution in [0.1, 0.15) is 33.6 Å². The molecule has 1 rings (SSSR count). The van der Waals surface area contributed by atoms with Crippen molar-refractivity contribution in [2.24, 2.45) is 17.6 Å². The Bertz CT molecular complexity index is 510. The lowest BCUT2D eigenvalue weighted by molar-refractivity contribution is 0.445. The van der Waals surface area contributed by atoms with Gasteiger partial charge in [0.25, 0.3) is 0 Å². The van der Waals surface area contributed by atoms with E-state index in [4.69, 9.17) is 5.73 Å². The molecule has 0 spiro atoms. The van der Waals surface area contributed by atoms with Gasteiger partial charge in [-0.2, -0.15) is 0 Å². The van der Waals surface area contributed by atoms with Gasteiger partial charge in [-0.1, -0.05) is 44.7 Å². The minimum absolute atomic E-state index is 0.272. The molecule has 128 valence electrons. The molecule has 0 aromatic heterocycles. The van der Waals surface area contributed by atoms with Crippen LogP contribution < -0.4 is 5.73 Å². The fourth-order valence-corrected chi connectivity index (χ4v) is 3.78. The van der Waals surface area contributed by atoms with Gasteiger partial charge in [0.2, 0.25) is 0 Å². The zero-order chi connectivity index (χ0) is 17.4. The second kappa shape index (κ2) is 9.78. The van der Waals surface area contributed by atoms with Crippen LogP contribution >= 0.6 is 8.58 Å². The summed E-state index contributed by atoms with van der Waals surface area (Å²) in [6.07, 6.45) is 12.2. The largest absolute Gasteiger partial charge is 0.402 e. The second-order valence-electron chi connectivity index (χ2n) is 6.26. The molecule has 0 radical (unpaired) electrons. The van der Waals surface area contributed by atoms with E-state index in [-0.39, 0.29) is 5.92 Å². The van der Waals surface area contributed by atoms with Crippen LogP contribution in [0.5, 0.6) is 0 Å². The van der Waals surface area contributed by atoms with Gasteiger partial charge in [-0.05, 0) is 37.9 Å². The summed E-state index contributed by atoms with van der Waals surface area (Å²) in [7, 11) is 0.849. The first-order valence-corrected chi connectivity index (χ1v) is 10.2. The molecule has 3 unspecified atom stereocenters. The summed E-state index contributed by atoms with van der Waals surface area (Å²) in [5, 5.41) is 0. The molecule has 0 amide bonds. The molecule has 0 heterocycles. The van der Waals surface area contributed by atoms with Crippen LogP contribution in [0.4, 0.5) is 0 Å². The van der Waals surface area contributed by atoms with E-state index in [9.17, 15) is 0 Å². The Kier molecular flexibility index (Phi) is 8.41. The number of nitrogens with two attached hydrogens (primary N) is 1. The molecule has 2 N–H and O–H groups in total. The molecule has 1 aliphatic rings. The lowest BCUT2D eigenvalue weighted by Crippen LogP contribution is -2.26. The summed E-state index contributed by atoms with van der Waals surface area (Å²) in [6.45, 7) is 17.7. The van der Waals surface area contributed by atoms with Gasteiger partial charge in [0, 0.05) is 35.7 Å². The van der Waals surface area contributed by atoms with Crippen molar-refractivity contribution >= 4 is 8.58 Å². The molecule has 0 saturated carbocycles. The third kappa shape index (κ3) is 5.39. The van der Waals surface area contributed by atoms with Crippen LogP contribution in [0.15, 0.2) is 60.0 Å². The van der Waals surface area contributed by atoms with E-state index in [2.05, 4.69) is 56.8 Å². The maximum atomic E-state index is 6.25. The summed E-state index contributed by atoms with van der Waals surface area (Å²) in [6, 6.07) is 0. The first kappa shape index (κ1) is 19.8. The van der Waals surface area contributed by atoms with Gasteiger partial charge in [-0.15, -0.1) is 15.2 Å². The molecule has 3 heteroatoms. The highest BCUT2D eigenvalue weighted by atomic mass is 31.1. The van der Waals surface area contributed by atoms with Crippen molar-refractivity contribution in [3.05, 3.63) is 60.0 Å². The average Bonchev–Trinajstić information content (AvgIpc) is 2.54. The monoisotopic (exact) mass is 332 g/mol. The van der Waals surface area contributed by atoms with E-state index < -0.39 is 0 Å². The van der Waals surface area contributed by atoms with E-state index in [1.807, 2.05) is 13.0 Å². The van der Waals surface area contributed by atoms with Gasteiger partial charge >= 0.3 is 0 Å². The fraction of sp³-hybridized carbons (Fsp3) is 0.500. The predicted molar refractivity (Wildman–Crippen MR) is 107 cm³/mol. The molecule has 2 nitrogen and oxygen atoms in total. The van der Waals surface area contributed by atoms with E-state index in [1.165, 1.54) is 12.0 Å². The molecule has 1 aliphatic carbocycles. The summed E-state index contributed by atoms with van der Waals surface area (Å²) >= 11 is 0. The van der Waals surface area contributed by atoms with Crippen molar-refractivity contribution in [1.29, 1.82) is 0 Å². The lowest BCUT2D eigenvalue weighted by Gasteiger charge is -2.31. The third-order valence-electron chi connectivity index (χ3n) is 4.49. The van der Waals surface area contributed by atoms with Gasteiger partial charge in [-0.25, -0.2) is 0 Å². The van der Waals surface area contributed by atoms with E-state index in [0.29, 0.717) is 5.92 Å². The summed E-state index contributed by atoms with van der Waals surface area (Å²) < 4.78 is 0.